The maximum Gasteiger partial charge on any atom is 0.160 e. The van der Waals surface area contributed by atoms with Gasteiger partial charge in [-0.3, -0.25) is 0 Å². The maximum absolute atomic E-state index is 5.60. The fourth-order valence-corrected chi connectivity index (χ4v) is 8.84. The summed E-state index contributed by atoms with van der Waals surface area (Å²) in [6.07, 6.45) is 0. The minimum Gasteiger partial charge on any atom is -0.246 e. The van der Waals surface area contributed by atoms with Crippen LogP contribution in [0.5, 0.6) is 0 Å². The highest BCUT2D eigenvalue weighted by molar-refractivity contribution is 6.05. The van der Waals surface area contributed by atoms with E-state index in [-0.39, 0.29) is 0 Å². The Morgan fingerprint density at radius 2 is 0.439 bits per heavy atom. The second kappa shape index (κ2) is 18.1. The summed E-state index contributed by atoms with van der Waals surface area (Å²) in [5.41, 5.74) is 20.1. The predicted molar refractivity (Wildman–Crippen MR) is 274 cm³/mol. The lowest BCUT2D eigenvalue weighted by molar-refractivity contribution is 1.18. The summed E-state index contributed by atoms with van der Waals surface area (Å²) < 4.78 is 0. The summed E-state index contributed by atoms with van der Waals surface area (Å²) in [6.45, 7) is 0. The van der Waals surface area contributed by atoms with Crippen LogP contribution < -0.4 is 0 Å². The average Bonchev–Trinajstić information content (AvgIpc) is 3.42. The molecule has 3 heteroatoms. The van der Waals surface area contributed by atoms with Gasteiger partial charge in [-0.15, -0.1) is 0 Å². The van der Waals surface area contributed by atoms with E-state index in [2.05, 4.69) is 249 Å². The van der Waals surface area contributed by atoms with E-state index in [0.717, 1.165) is 101 Å². The van der Waals surface area contributed by atoms with E-state index in [4.69, 9.17) is 15.0 Å². The van der Waals surface area contributed by atoms with Gasteiger partial charge in [0, 0.05) is 44.5 Å². The van der Waals surface area contributed by atoms with Gasteiger partial charge in [-0.2, -0.15) is 0 Å². The zero-order chi connectivity index (χ0) is 44.1. The summed E-state index contributed by atoms with van der Waals surface area (Å²) in [5.74, 6) is 0.692. The molecule has 11 rings (SSSR count). The molecular weight excluding hydrogens is 799 g/mol. The van der Waals surface area contributed by atoms with Crippen LogP contribution >= 0.6 is 0 Å². The molecule has 0 unspecified atom stereocenters. The zero-order valence-corrected chi connectivity index (χ0v) is 36.2. The molecule has 0 aliphatic heterocycles. The van der Waals surface area contributed by atoms with Crippen molar-refractivity contribution in [2.45, 2.75) is 0 Å². The van der Waals surface area contributed by atoms with E-state index in [1.807, 2.05) is 12.1 Å². The normalized spacial score (nSPS) is 11.0. The maximum atomic E-state index is 5.60. The number of hydrogen-bond donors (Lipinski definition) is 0. The first-order chi connectivity index (χ1) is 32.7. The highest BCUT2D eigenvalue weighted by atomic mass is 14.9. The van der Waals surface area contributed by atoms with E-state index >= 15 is 0 Å². The molecule has 66 heavy (non-hydrogen) atoms. The van der Waals surface area contributed by atoms with Gasteiger partial charge in [0.2, 0.25) is 0 Å². The minimum atomic E-state index is 0.692. The van der Waals surface area contributed by atoms with Crippen LogP contribution in [-0.4, -0.2) is 15.0 Å². The van der Waals surface area contributed by atoms with Crippen molar-refractivity contribution >= 4 is 0 Å². The molecule has 0 N–H and O–H groups in total. The molecule has 0 saturated heterocycles. The van der Waals surface area contributed by atoms with Crippen LogP contribution in [0.2, 0.25) is 0 Å². The summed E-state index contributed by atoms with van der Waals surface area (Å²) >= 11 is 0. The highest BCUT2D eigenvalue weighted by Crippen LogP contribution is 2.49. The standard InChI is InChI=1S/C63H43N3/c1-7-19-44(20-8-1)45-35-41-55(42-36-45)63-64-56(48-21-9-2-10-22-48)43-57(65-63)49-37-31-46(32-38-49)47-33-39-52(40-34-47)58-59(50-23-11-3-12-24-50)61(53-27-15-5-16-28-53)66-62(54-29-17-6-18-30-54)60(58)51-25-13-4-14-26-51/h1-43H. The quantitative estimate of drug-likeness (QED) is 0.138. The van der Waals surface area contributed by atoms with Gasteiger partial charge in [-0.05, 0) is 45.0 Å². The molecule has 0 bridgehead atoms. The van der Waals surface area contributed by atoms with Gasteiger partial charge in [-0.25, -0.2) is 15.0 Å². The third-order valence-electron chi connectivity index (χ3n) is 12.2. The summed E-state index contributed by atoms with van der Waals surface area (Å²) in [6, 6.07) is 91.7. The zero-order valence-electron chi connectivity index (χ0n) is 36.2. The molecule has 0 spiro atoms. The van der Waals surface area contributed by atoms with Crippen LogP contribution in [0.15, 0.2) is 261 Å². The number of rotatable bonds is 10. The van der Waals surface area contributed by atoms with Gasteiger partial charge in [-0.1, -0.05) is 255 Å². The van der Waals surface area contributed by atoms with Crippen molar-refractivity contribution in [3.05, 3.63) is 261 Å². The fraction of sp³-hybridized carbons (Fsp3) is 0. The van der Waals surface area contributed by atoms with Crippen molar-refractivity contribution in [3.8, 4) is 112 Å². The fourth-order valence-electron chi connectivity index (χ4n) is 8.84. The van der Waals surface area contributed by atoms with Crippen molar-refractivity contribution in [1.82, 2.24) is 15.0 Å². The van der Waals surface area contributed by atoms with Crippen LogP contribution in [0.1, 0.15) is 0 Å². The Morgan fingerprint density at radius 1 is 0.182 bits per heavy atom. The van der Waals surface area contributed by atoms with Gasteiger partial charge < -0.3 is 0 Å². The lowest BCUT2D eigenvalue weighted by atomic mass is 9.83. The smallest absolute Gasteiger partial charge is 0.160 e. The molecule has 0 atom stereocenters. The Morgan fingerprint density at radius 3 is 0.833 bits per heavy atom. The first kappa shape index (κ1) is 40.0. The largest absolute Gasteiger partial charge is 0.246 e. The minimum absolute atomic E-state index is 0.692. The Kier molecular flexibility index (Phi) is 11.0. The SMILES string of the molecule is c1ccc(-c2ccc(-c3nc(-c4ccccc4)cc(-c4ccc(-c5ccc(-c6c(-c7ccccc7)c(-c7ccccc7)nc(-c7ccccc7)c6-c6ccccc6)cc5)cc4)n3)cc2)cc1. The molecule has 11 aromatic rings. The molecule has 0 aliphatic rings. The molecule has 0 radical (unpaired) electrons. The van der Waals surface area contributed by atoms with Crippen molar-refractivity contribution < 1.29 is 0 Å². The topological polar surface area (TPSA) is 38.7 Å². The Bertz CT molecular complexity index is 3270. The van der Waals surface area contributed by atoms with Crippen molar-refractivity contribution in [3.63, 3.8) is 0 Å². The number of nitrogens with zero attached hydrogens (tertiary/aromatic N) is 3. The van der Waals surface area contributed by atoms with Crippen LogP contribution in [0, 0.1) is 0 Å². The molecule has 0 fully saturated rings. The number of hydrogen-bond acceptors (Lipinski definition) is 3. The van der Waals surface area contributed by atoms with Gasteiger partial charge in [0.1, 0.15) is 0 Å². The Balaban J connectivity index is 1.01. The molecule has 0 aliphatic carbocycles. The monoisotopic (exact) mass is 841 g/mol. The number of pyridine rings is 1. The molecule has 9 aromatic carbocycles. The third-order valence-corrected chi connectivity index (χ3v) is 12.2. The Hall–Kier alpha value is -8.79. The molecule has 2 heterocycles. The van der Waals surface area contributed by atoms with Gasteiger partial charge in [0.15, 0.2) is 5.82 Å². The summed E-state index contributed by atoms with van der Waals surface area (Å²) in [4.78, 5) is 15.8. The predicted octanol–water partition coefficient (Wildman–Crippen LogP) is 16.5. The molecule has 0 amide bonds. The number of benzene rings is 9. The molecular formula is C63H43N3. The highest BCUT2D eigenvalue weighted by Gasteiger charge is 2.25. The molecule has 3 nitrogen and oxygen atoms in total. The van der Waals surface area contributed by atoms with E-state index in [0.29, 0.717) is 5.82 Å². The Labute approximate surface area is 386 Å². The van der Waals surface area contributed by atoms with E-state index in [1.165, 1.54) is 5.56 Å². The van der Waals surface area contributed by atoms with Crippen LogP contribution in [0.25, 0.3) is 112 Å². The van der Waals surface area contributed by atoms with Crippen LogP contribution in [-0.2, 0) is 0 Å². The second-order valence-corrected chi connectivity index (χ2v) is 16.3. The first-order valence-corrected chi connectivity index (χ1v) is 22.3. The average molecular weight is 842 g/mol. The summed E-state index contributed by atoms with van der Waals surface area (Å²) in [7, 11) is 0. The van der Waals surface area contributed by atoms with E-state index < -0.39 is 0 Å². The molecule has 0 saturated carbocycles. The van der Waals surface area contributed by atoms with Gasteiger partial charge >= 0.3 is 0 Å². The number of aromatic nitrogens is 3. The van der Waals surface area contributed by atoms with E-state index in [9.17, 15) is 0 Å². The van der Waals surface area contributed by atoms with Crippen molar-refractivity contribution in [1.29, 1.82) is 0 Å². The van der Waals surface area contributed by atoms with Crippen molar-refractivity contribution in [2.75, 3.05) is 0 Å². The van der Waals surface area contributed by atoms with Gasteiger partial charge in [0.05, 0.1) is 22.8 Å². The second-order valence-electron chi connectivity index (χ2n) is 16.3. The molecule has 2 aromatic heterocycles. The lowest BCUT2D eigenvalue weighted by Gasteiger charge is -2.23. The van der Waals surface area contributed by atoms with Gasteiger partial charge in [0.25, 0.3) is 0 Å². The molecule has 310 valence electrons. The van der Waals surface area contributed by atoms with Crippen molar-refractivity contribution in [2.24, 2.45) is 0 Å². The van der Waals surface area contributed by atoms with Crippen LogP contribution in [0.3, 0.4) is 0 Å². The van der Waals surface area contributed by atoms with Crippen LogP contribution in [0.4, 0.5) is 0 Å². The van der Waals surface area contributed by atoms with E-state index in [1.54, 1.807) is 0 Å². The first-order valence-electron chi connectivity index (χ1n) is 22.3. The lowest BCUT2D eigenvalue weighted by Crippen LogP contribution is -2.01. The summed E-state index contributed by atoms with van der Waals surface area (Å²) in [5, 5.41) is 0. The third kappa shape index (κ3) is 8.14.